The largest absolute Gasteiger partial charge is 0.427 e. The molecule has 17 heavy (non-hydrogen) atoms. The molecule has 0 unspecified atom stereocenters. The maximum Gasteiger partial charge on any atom is 0.298 e. The molecule has 0 fully saturated rings. The number of para-hydroxylation sites is 2. The van der Waals surface area contributed by atoms with Gasteiger partial charge in [-0.1, -0.05) is 24.3 Å². The first-order chi connectivity index (χ1) is 8.40. The Hall–Kier alpha value is -2.42. The summed E-state index contributed by atoms with van der Waals surface area (Å²) in [5.74, 6) is 0.571. The van der Waals surface area contributed by atoms with Crippen LogP contribution in [-0.2, 0) is 4.79 Å². The molecule has 3 heteroatoms. The van der Waals surface area contributed by atoms with Crippen LogP contribution in [0.15, 0.2) is 48.5 Å². The van der Waals surface area contributed by atoms with Crippen molar-refractivity contribution in [3.05, 3.63) is 48.5 Å². The number of fused-ring (bicyclic) bond motifs is 2. The number of hydrogen-bond acceptors (Lipinski definition) is 3. The Morgan fingerprint density at radius 1 is 0.882 bits per heavy atom. The number of rotatable bonds is 2. The van der Waals surface area contributed by atoms with Crippen molar-refractivity contribution in [1.29, 1.82) is 0 Å². The molecule has 0 saturated heterocycles. The van der Waals surface area contributed by atoms with Crippen molar-refractivity contribution < 1.29 is 9.53 Å². The molecule has 82 valence electrons. The normalized spacial score (nSPS) is 10.6. The fourth-order valence-electron chi connectivity index (χ4n) is 1.98. The summed E-state index contributed by atoms with van der Waals surface area (Å²) in [6.07, 6.45) is 0. The minimum atomic E-state index is 0.453. The number of hydrogen-bond donors (Lipinski definition) is 0. The third-order valence-corrected chi connectivity index (χ3v) is 2.70. The van der Waals surface area contributed by atoms with E-state index in [0.29, 0.717) is 12.2 Å². The molecule has 0 aliphatic rings. The topological polar surface area (TPSA) is 39.2 Å². The lowest BCUT2D eigenvalue weighted by Gasteiger charge is -2.07. The van der Waals surface area contributed by atoms with Crippen LogP contribution in [0.5, 0.6) is 5.75 Å². The number of aromatic nitrogens is 1. The fraction of sp³-hybridized carbons (Fsp3) is 0. The SMILES string of the molecule is O=COc1c2ccccc2nc2ccccc12. The van der Waals surface area contributed by atoms with Gasteiger partial charge >= 0.3 is 0 Å². The second-order valence-electron chi connectivity index (χ2n) is 3.69. The van der Waals surface area contributed by atoms with Crippen molar-refractivity contribution >= 4 is 28.3 Å². The van der Waals surface area contributed by atoms with Crippen molar-refractivity contribution in [2.45, 2.75) is 0 Å². The Morgan fingerprint density at radius 2 is 1.41 bits per heavy atom. The Kier molecular flexibility index (Phi) is 2.22. The first-order valence-electron chi connectivity index (χ1n) is 5.28. The van der Waals surface area contributed by atoms with Crippen LogP contribution >= 0.6 is 0 Å². The minimum Gasteiger partial charge on any atom is -0.427 e. The zero-order valence-corrected chi connectivity index (χ0v) is 8.96. The Labute approximate surface area is 97.7 Å². The molecule has 1 aromatic heterocycles. The predicted molar refractivity (Wildman–Crippen MR) is 65.9 cm³/mol. The van der Waals surface area contributed by atoms with E-state index >= 15 is 0 Å². The van der Waals surface area contributed by atoms with E-state index in [1.807, 2.05) is 48.5 Å². The van der Waals surface area contributed by atoms with E-state index in [-0.39, 0.29) is 0 Å². The predicted octanol–water partition coefficient (Wildman–Crippen LogP) is 2.92. The first kappa shape index (κ1) is 9.78. The van der Waals surface area contributed by atoms with E-state index in [1.165, 1.54) is 0 Å². The summed E-state index contributed by atoms with van der Waals surface area (Å²) in [5, 5.41) is 1.69. The van der Waals surface area contributed by atoms with E-state index in [1.54, 1.807) is 0 Å². The van der Waals surface area contributed by atoms with Crippen molar-refractivity contribution in [3.63, 3.8) is 0 Å². The van der Waals surface area contributed by atoms with Crippen LogP contribution in [0, 0.1) is 0 Å². The van der Waals surface area contributed by atoms with Crippen molar-refractivity contribution in [2.75, 3.05) is 0 Å². The van der Waals surface area contributed by atoms with Crippen LogP contribution in [0.2, 0.25) is 0 Å². The third-order valence-electron chi connectivity index (χ3n) is 2.70. The summed E-state index contributed by atoms with van der Waals surface area (Å²) >= 11 is 0. The van der Waals surface area contributed by atoms with Crippen molar-refractivity contribution in [1.82, 2.24) is 4.98 Å². The number of ether oxygens (including phenoxy) is 1. The van der Waals surface area contributed by atoms with Gasteiger partial charge in [0.25, 0.3) is 6.47 Å². The summed E-state index contributed by atoms with van der Waals surface area (Å²) in [7, 11) is 0. The number of benzene rings is 2. The van der Waals surface area contributed by atoms with Gasteiger partial charge in [-0.25, -0.2) is 4.98 Å². The highest BCUT2D eigenvalue weighted by Crippen LogP contribution is 2.32. The summed E-state index contributed by atoms with van der Waals surface area (Å²) in [6.45, 7) is 0.453. The van der Waals surface area contributed by atoms with E-state index < -0.39 is 0 Å². The molecule has 1 heterocycles. The van der Waals surface area contributed by atoms with Gasteiger partial charge in [-0.05, 0) is 24.3 Å². The van der Waals surface area contributed by atoms with Crippen LogP contribution < -0.4 is 4.74 Å². The highest BCUT2D eigenvalue weighted by atomic mass is 16.5. The van der Waals surface area contributed by atoms with Gasteiger partial charge in [-0.3, -0.25) is 4.79 Å². The highest BCUT2D eigenvalue weighted by molar-refractivity contribution is 6.01. The molecule has 0 atom stereocenters. The van der Waals surface area contributed by atoms with E-state index in [9.17, 15) is 4.79 Å². The summed E-state index contributed by atoms with van der Waals surface area (Å²) < 4.78 is 5.11. The highest BCUT2D eigenvalue weighted by Gasteiger charge is 2.08. The van der Waals surface area contributed by atoms with Crippen LogP contribution in [0.3, 0.4) is 0 Å². The van der Waals surface area contributed by atoms with E-state index in [4.69, 9.17) is 4.74 Å². The van der Waals surface area contributed by atoms with Crippen LogP contribution in [0.25, 0.3) is 21.8 Å². The smallest absolute Gasteiger partial charge is 0.298 e. The van der Waals surface area contributed by atoms with Gasteiger partial charge in [0.2, 0.25) is 0 Å². The lowest BCUT2D eigenvalue weighted by Crippen LogP contribution is -1.93. The summed E-state index contributed by atoms with van der Waals surface area (Å²) in [6, 6.07) is 15.2. The molecule has 0 spiro atoms. The van der Waals surface area contributed by atoms with Gasteiger partial charge in [-0.15, -0.1) is 0 Å². The molecule has 0 saturated carbocycles. The molecule has 0 amide bonds. The van der Waals surface area contributed by atoms with Crippen molar-refractivity contribution in [2.24, 2.45) is 0 Å². The average Bonchev–Trinajstić information content (AvgIpc) is 2.39. The number of pyridine rings is 1. The summed E-state index contributed by atoms with van der Waals surface area (Å²) in [5.41, 5.74) is 1.64. The second-order valence-corrected chi connectivity index (χ2v) is 3.69. The zero-order valence-electron chi connectivity index (χ0n) is 8.96. The quantitative estimate of drug-likeness (QED) is 0.495. The molecular weight excluding hydrogens is 214 g/mol. The molecule has 0 aliphatic carbocycles. The van der Waals surface area contributed by atoms with Gasteiger partial charge in [0, 0.05) is 10.8 Å². The van der Waals surface area contributed by atoms with E-state index in [2.05, 4.69) is 4.98 Å². The molecule has 0 N–H and O–H groups in total. The van der Waals surface area contributed by atoms with Crippen LogP contribution in [-0.4, -0.2) is 11.5 Å². The molecule has 3 nitrogen and oxygen atoms in total. The number of nitrogens with zero attached hydrogens (tertiary/aromatic N) is 1. The molecule has 3 aromatic rings. The Morgan fingerprint density at radius 3 is 1.94 bits per heavy atom. The number of carbonyl (C=O) groups is 1. The Bertz CT molecular complexity index is 653. The number of carbonyl (C=O) groups excluding carboxylic acids is 1. The van der Waals surface area contributed by atoms with Crippen molar-refractivity contribution in [3.8, 4) is 5.75 Å². The fourth-order valence-corrected chi connectivity index (χ4v) is 1.98. The van der Waals surface area contributed by atoms with Gasteiger partial charge in [0.15, 0.2) is 0 Å². The van der Waals surface area contributed by atoms with Gasteiger partial charge in [0.05, 0.1) is 11.0 Å². The molecule has 0 aliphatic heterocycles. The maximum absolute atomic E-state index is 10.6. The molecule has 2 aromatic carbocycles. The van der Waals surface area contributed by atoms with E-state index in [0.717, 1.165) is 21.8 Å². The first-order valence-corrected chi connectivity index (χ1v) is 5.28. The Balaban J connectivity index is 2.51. The van der Waals surface area contributed by atoms with Crippen LogP contribution in [0.1, 0.15) is 0 Å². The molecule has 3 rings (SSSR count). The average molecular weight is 223 g/mol. The standard InChI is InChI=1S/C14H9NO2/c16-9-17-14-10-5-1-3-7-12(10)15-13-8-4-2-6-11(13)14/h1-9H. The molecule has 0 bridgehead atoms. The van der Waals surface area contributed by atoms with Crippen LogP contribution in [0.4, 0.5) is 0 Å². The lowest BCUT2D eigenvalue weighted by atomic mass is 10.1. The van der Waals surface area contributed by atoms with Gasteiger partial charge < -0.3 is 4.74 Å². The minimum absolute atomic E-state index is 0.453. The lowest BCUT2D eigenvalue weighted by molar-refractivity contribution is -0.120. The molecular formula is C14H9NO2. The van der Waals surface area contributed by atoms with Gasteiger partial charge in [0.1, 0.15) is 5.75 Å². The zero-order chi connectivity index (χ0) is 11.7. The van der Waals surface area contributed by atoms with Gasteiger partial charge in [-0.2, -0.15) is 0 Å². The maximum atomic E-state index is 10.6. The monoisotopic (exact) mass is 223 g/mol. The second kappa shape index (κ2) is 3.87. The third kappa shape index (κ3) is 1.52. The summed E-state index contributed by atoms with van der Waals surface area (Å²) in [4.78, 5) is 15.1. The molecule has 0 radical (unpaired) electrons.